The molecule has 0 spiro atoms. The van der Waals surface area contributed by atoms with Crippen molar-refractivity contribution in [1.29, 1.82) is 0 Å². The van der Waals surface area contributed by atoms with Gasteiger partial charge in [0.1, 0.15) is 11.4 Å². The summed E-state index contributed by atoms with van der Waals surface area (Å²) in [6.07, 6.45) is -6.60. The molecule has 0 saturated carbocycles. The quantitative estimate of drug-likeness (QED) is 0.711. The molecule has 0 saturated heterocycles. The third kappa shape index (κ3) is 3.22. The van der Waals surface area contributed by atoms with Gasteiger partial charge in [0.2, 0.25) is 0 Å². The normalized spacial score (nSPS) is 12.1. The van der Waals surface area contributed by atoms with Crippen molar-refractivity contribution in [1.82, 2.24) is 19.8 Å². The van der Waals surface area contributed by atoms with E-state index in [0.29, 0.717) is 5.65 Å². The lowest BCUT2D eigenvalue weighted by Gasteiger charge is -2.09. The van der Waals surface area contributed by atoms with E-state index in [0.717, 1.165) is 12.1 Å². The van der Waals surface area contributed by atoms with E-state index >= 15 is 0 Å². The maximum atomic E-state index is 12.3. The molecule has 0 radical (unpaired) electrons. The molecule has 120 valence electrons. The minimum atomic E-state index is -4.81. The summed E-state index contributed by atoms with van der Waals surface area (Å²) in [7, 11) is 0. The molecule has 10 heteroatoms. The fourth-order valence-corrected chi connectivity index (χ4v) is 1.95. The number of aromatic nitrogens is 4. The van der Waals surface area contributed by atoms with Crippen LogP contribution in [0.3, 0.4) is 0 Å². The second kappa shape index (κ2) is 5.48. The predicted octanol–water partition coefficient (Wildman–Crippen LogP) is 1.67. The van der Waals surface area contributed by atoms with Crippen LogP contribution in [0.1, 0.15) is 12.0 Å². The largest absolute Gasteiger partial charge is 0.573 e. The van der Waals surface area contributed by atoms with Gasteiger partial charge in [0.05, 0.1) is 0 Å². The highest BCUT2D eigenvalue weighted by molar-refractivity contribution is 5.60. The Bertz CT molecular complexity index is 848. The molecular formula is C13H9F3N4O3. The van der Waals surface area contributed by atoms with Crippen molar-refractivity contribution < 1.29 is 28.1 Å². The van der Waals surface area contributed by atoms with E-state index < -0.39 is 18.4 Å². The highest BCUT2D eigenvalue weighted by atomic mass is 19.4. The first-order valence-electron chi connectivity index (χ1n) is 6.28. The van der Waals surface area contributed by atoms with Crippen molar-refractivity contribution in [2.24, 2.45) is 0 Å². The molecule has 7 nitrogen and oxygen atoms in total. The first kappa shape index (κ1) is 15.2. The standard InChI is InChI=1S/C13H9F3N4O3/c14-13(15,16)23-8-3-1-2-7(6-8)11-18-17-10-5-4-9(12(21)22)19-20(10)11/h1-6,12,21-22H. The van der Waals surface area contributed by atoms with Crippen LogP contribution in [0.25, 0.3) is 17.0 Å². The second-order valence-corrected chi connectivity index (χ2v) is 4.50. The van der Waals surface area contributed by atoms with Crippen LogP contribution in [0.4, 0.5) is 13.2 Å². The van der Waals surface area contributed by atoms with E-state index in [2.05, 4.69) is 20.0 Å². The molecule has 2 N–H and O–H groups in total. The zero-order valence-corrected chi connectivity index (χ0v) is 11.3. The smallest absolute Gasteiger partial charge is 0.406 e. The number of nitrogens with zero attached hydrogens (tertiary/aromatic N) is 4. The molecule has 0 amide bonds. The number of alkyl halides is 3. The van der Waals surface area contributed by atoms with Gasteiger partial charge in [-0.05, 0) is 24.3 Å². The lowest BCUT2D eigenvalue weighted by Crippen LogP contribution is -2.17. The molecule has 2 aromatic heterocycles. The number of halogens is 3. The first-order chi connectivity index (χ1) is 10.8. The summed E-state index contributed by atoms with van der Waals surface area (Å²) < 4.78 is 41.9. The van der Waals surface area contributed by atoms with Crippen molar-refractivity contribution in [2.45, 2.75) is 12.7 Å². The van der Waals surface area contributed by atoms with Crippen molar-refractivity contribution in [3.05, 3.63) is 42.1 Å². The Morgan fingerprint density at radius 3 is 2.57 bits per heavy atom. The number of hydrogen-bond donors (Lipinski definition) is 2. The number of hydrogen-bond acceptors (Lipinski definition) is 6. The van der Waals surface area contributed by atoms with Crippen molar-refractivity contribution in [2.75, 3.05) is 0 Å². The van der Waals surface area contributed by atoms with Gasteiger partial charge in [0.25, 0.3) is 0 Å². The Morgan fingerprint density at radius 1 is 1.09 bits per heavy atom. The summed E-state index contributed by atoms with van der Waals surface area (Å²) in [5, 5.41) is 29.9. The summed E-state index contributed by atoms with van der Waals surface area (Å²) in [5.41, 5.74) is 0.518. The predicted molar refractivity (Wildman–Crippen MR) is 70.1 cm³/mol. The Kier molecular flexibility index (Phi) is 3.62. The Hall–Kier alpha value is -2.72. The fraction of sp³-hybridized carbons (Fsp3) is 0.154. The third-order valence-electron chi connectivity index (χ3n) is 2.87. The summed E-state index contributed by atoms with van der Waals surface area (Å²) in [5.74, 6) is -0.278. The van der Waals surface area contributed by atoms with Crippen LogP contribution in [0.5, 0.6) is 5.75 Å². The van der Waals surface area contributed by atoms with Gasteiger partial charge >= 0.3 is 6.36 Å². The summed E-state index contributed by atoms with van der Waals surface area (Å²) in [6, 6.07) is 7.95. The maximum Gasteiger partial charge on any atom is 0.573 e. The maximum absolute atomic E-state index is 12.3. The van der Waals surface area contributed by atoms with E-state index in [-0.39, 0.29) is 17.1 Å². The molecule has 2 heterocycles. The van der Waals surface area contributed by atoms with Crippen molar-refractivity contribution in [3.63, 3.8) is 0 Å². The van der Waals surface area contributed by atoms with Crippen LogP contribution in [0.2, 0.25) is 0 Å². The number of rotatable bonds is 3. The molecule has 3 aromatic rings. The van der Waals surface area contributed by atoms with Gasteiger partial charge in [0, 0.05) is 5.56 Å². The van der Waals surface area contributed by atoms with E-state index in [1.807, 2.05) is 0 Å². The van der Waals surface area contributed by atoms with Gasteiger partial charge in [-0.15, -0.1) is 23.4 Å². The summed E-state index contributed by atoms with van der Waals surface area (Å²) in [4.78, 5) is 0. The Morgan fingerprint density at radius 2 is 1.87 bits per heavy atom. The number of aliphatic hydroxyl groups excluding tert-OH is 1. The summed E-state index contributed by atoms with van der Waals surface area (Å²) in [6.45, 7) is 0. The number of benzene rings is 1. The molecule has 23 heavy (non-hydrogen) atoms. The van der Waals surface area contributed by atoms with Gasteiger partial charge in [-0.2, -0.15) is 9.61 Å². The zero-order chi connectivity index (χ0) is 16.6. The van der Waals surface area contributed by atoms with Gasteiger partial charge in [-0.25, -0.2) is 0 Å². The minimum Gasteiger partial charge on any atom is -0.406 e. The number of ether oxygens (including phenoxy) is 1. The lowest BCUT2D eigenvalue weighted by atomic mass is 10.2. The first-order valence-corrected chi connectivity index (χ1v) is 6.28. The fourth-order valence-electron chi connectivity index (χ4n) is 1.95. The van der Waals surface area contributed by atoms with E-state index in [9.17, 15) is 13.2 Å². The Labute approximate surface area is 126 Å². The number of fused-ring (bicyclic) bond motifs is 1. The molecule has 0 aliphatic carbocycles. The molecule has 0 atom stereocenters. The number of aliphatic hydroxyl groups is 2. The molecule has 0 aliphatic rings. The van der Waals surface area contributed by atoms with Crippen LogP contribution in [-0.4, -0.2) is 36.4 Å². The Balaban J connectivity index is 2.06. The minimum absolute atomic E-state index is 0.0544. The molecular weight excluding hydrogens is 317 g/mol. The van der Waals surface area contributed by atoms with E-state index in [1.54, 1.807) is 0 Å². The van der Waals surface area contributed by atoms with Crippen LogP contribution in [0.15, 0.2) is 36.4 Å². The van der Waals surface area contributed by atoms with Crippen LogP contribution < -0.4 is 4.74 Å². The average Bonchev–Trinajstić information content (AvgIpc) is 2.88. The zero-order valence-electron chi connectivity index (χ0n) is 11.3. The highest BCUT2D eigenvalue weighted by Crippen LogP contribution is 2.27. The van der Waals surface area contributed by atoms with Gasteiger partial charge < -0.3 is 14.9 Å². The van der Waals surface area contributed by atoms with Crippen molar-refractivity contribution >= 4 is 5.65 Å². The highest BCUT2D eigenvalue weighted by Gasteiger charge is 2.31. The van der Waals surface area contributed by atoms with Gasteiger partial charge in [0.15, 0.2) is 17.8 Å². The van der Waals surface area contributed by atoms with Crippen LogP contribution in [0, 0.1) is 0 Å². The van der Waals surface area contributed by atoms with Gasteiger partial charge in [-0.1, -0.05) is 12.1 Å². The average molecular weight is 326 g/mol. The third-order valence-corrected chi connectivity index (χ3v) is 2.87. The second-order valence-electron chi connectivity index (χ2n) is 4.50. The van der Waals surface area contributed by atoms with Crippen molar-refractivity contribution in [3.8, 4) is 17.1 Å². The monoisotopic (exact) mass is 326 g/mol. The van der Waals surface area contributed by atoms with Crippen LogP contribution in [-0.2, 0) is 0 Å². The molecule has 0 fully saturated rings. The molecule has 0 aliphatic heterocycles. The molecule has 3 rings (SSSR count). The van der Waals surface area contributed by atoms with Gasteiger partial charge in [-0.3, -0.25) is 0 Å². The topological polar surface area (TPSA) is 92.8 Å². The molecule has 0 unspecified atom stereocenters. The molecule has 1 aromatic carbocycles. The lowest BCUT2D eigenvalue weighted by molar-refractivity contribution is -0.274. The SMILES string of the molecule is OC(O)c1ccc2nnc(-c3cccc(OC(F)(F)F)c3)n2n1. The van der Waals surface area contributed by atoms with E-state index in [1.165, 1.54) is 28.8 Å². The summed E-state index contributed by atoms with van der Waals surface area (Å²) >= 11 is 0. The van der Waals surface area contributed by atoms with Crippen LogP contribution >= 0.6 is 0 Å². The van der Waals surface area contributed by atoms with E-state index in [4.69, 9.17) is 10.2 Å². The molecule has 0 bridgehead atoms.